The molecule has 14 heavy (non-hydrogen) atoms. The van der Waals surface area contributed by atoms with Gasteiger partial charge in [-0.1, -0.05) is 12.1 Å². The van der Waals surface area contributed by atoms with Crippen LogP contribution in [0, 0.1) is 10.1 Å². The van der Waals surface area contributed by atoms with Crippen LogP contribution in [0.15, 0.2) is 24.3 Å². The smallest absolute Gasteiger partial charge is 0.405 e. The molecule has 5 nitrogen and oxygen atoms in total. The minimum atomic E-state index is -0.430. The van der Waals surface area contributed by atoms with Crippen molar-refractivity contribution >= 4 is 18.3 Å². The third-order valence-electron chi connectivity index (χ3n) is 2.00. The largest absolute Gasteiger partial charge is 0.494 e. The first-order chi connectivity index (χ1) is 6.77. The van der Waals surface area contributed by atoms with Crippen molar-refractivity contribution in [2.75, 3.05) is 13.2 Å². The van der Waals surface area contributed by atoms with Crippen LogP contribution >= 0.6 is 0 Å². The third kappa shape index (κ3) is 1.76. The van der Waals surface area contributed by atoms with E-state index in [2.05, 4.69) is 0 Å². The summed E-state index contributed by atoms with van der Waals surface area (Å²) >= 11 is 0. The van der Waals surface area contributed by atoms with Gasteiger partial charge in [-0.15, -0.1) is 0 Å². The van der Waals surface area contributed by atoms with Crippen LogP contribution in [-0.4, -0.2) is 25.3 Å². The first-order valence-electron chi connectivity index (χ1n) is 4.25. The molecule has 6 heteroatoms. The zero-order valence-corrected chi connectivity index (χ0v) is 7.38. The van der Waals surface area contributed by atoms with E-state index in [1.165, 1.54) is 12.1 Å². The van der Waals surface area contributed by atoms with E-state index in [0.29, 0.717) is 13.2 Å². The highest BCUT2D eigenvalue weighted by Crippen LogP contribution is 2.09. The second-order valence-electron chi connectivity index (χ2n) is 2.92. The van der Waals surface area contributed by atoms with Crippen LogP contribution in [0.2, 0.25) is 0 Å². The third-order valence-corrected chi connectivity index (χ3v) is 2.00. The summed E-state index contributed by atoms with van der Waals surface area (Å²) in [6.07, 6.45) is 0. The van der Waals surface area contributed by atoms with Crippen molar-refractivity contribution in [1.82, 2.24) is 0 Å². The fraction of sp³-hybridized carbons (Fsp3) is 0.250. The molecule has 0 aromatic heterocycles. The molecule has 0 spiro atoms. The van der Waals surface area contributed by atoms with Crippen LogP contribution in [0.5, 0.6) is 0 Å². The molecule has 1 aromatic carbocycles. The summed E-state index contributed by atoms with van der Waals surface area (Å²) in [5.74, 6) is 0. The van der Waals surface area contributed by atoms with E-state index in [1.807, 2.05) is 0 Å². The molecule has 0 unspecified atom stereocenters. The van der Waals surface area contributed by atoms with Gasteiger partial charge >= 0.3 is 7.12 Å². The van der Waals surface area contributed by atoms with Crippen molar-refractivity contribution in [3.8, 4) is 0 Å². The Morgan fingerprint density at radius 1 is 1.21 bits per heavy atom. The van der Waals surface area contributed by atoms with Gasteiger partial charge in [0.2, 0.25) is 0 Å². The van der Waals surface area contributed by atoms with Crippen LogP contribution < -0.4 is 5.46 Å². The van der Waals surface area contributed by atoms with Gasteiger partial charge in [0, 0.05) is 12.1 Å². The van der Waals surface area contributed by atoms with Gasteiger partial charge in [0.05, 0.1) is 18.1 Å². The van der Waals surface area contributed by atoms with Crippen LogP contribution in [0.4, 0.5) is 5.69 Å². The molecule has 1 fully saturated rings. The molecule has 1 heterocycles. The molecule has 0 amide bonds. The second-order valence-corrected chi connectivity index (χ2v) is 2.92. The van der Waals surface area contributed by atoms with Crippen molar-refractivity contribution in [3.05, 3.63) is 34.4 Å². The normalized spacial score (nSPS) is 15.9. The first-order valence-corrected chi connectivity index (χ1v) is 4.25. The van der Waals surface area contributed by atoms with Gasteiger partial charge in [-0.25, -0.2) is 0 Å². The van der Waals surface area contributed by atoms with Crippen molar-refractivity contribution < 1.29 is 14.2 Å². The predicted molar refractivity (Wildman–Crippen MR) is 50.4 cm³/mol. The molecule has 0 radical (unpaired) electrons. The van der Waals surface area contributed by atoms with Gasteiger partial charge in [0.1, 0.15) is 0 Å². The number of non-ortho nitro benzene ring substituents is 1. The minimum Gasteiger partial charge on any atom is -0.405 e. The van der Waals surface area contributed by atoms with Crippen molar-refractivity contribution in [3.63, 3.8) is 0 Å². The molecular formula is C8H8BNO4. The van der Waals surface area contributed by atoms with Crippen molar-refractivity contribution in [2.45, 2.75) is 0 Å². The molecule has 1 aliphatic heterocycles. The summed E-state index contributed by atoms with van der Waals surface area (Å²) in [4.78, 5) is 9.95. The number of hydrogen-bond acceptors (Lipinski definition) is 4. The van der Waals surface area contributed by atoms with Gasteiger partial charge in [-0.05, 0) is 5.46 Å². The molecule has 72 valence electrons. The van der Waals surface area contributed by atoms with Crippen LogP contribution in [0.3, 0.4) is 0 Å². The monoisotopic (exact) mass is 193 g/mol. The Hall–Kier alpha value is -1.40. The van der Waals surface area contributed by atoms with E-state index in [-0.39, 0.29) is 12.8 Å². The zero-order valence-electron chi connectivity index (χ0n) is 7.38. The second kappa shape index (κ2) is 3.77. The highest BCUT2D eigenvalue weighted by molar-refractivity contribution is 6.61. The Balaban J connectivity index is 2.16. The highest BCUT2D eigenvalue weighted by atomic mass is 16.6. The highest BCUT2D eigenvalue weighted by Gasteiger charge is 2.26. The molecule has 0 N–H and O–H groups in total. The number of nitro benzene ring substituents is 1. The molecule has 0 bridgehead atoms. The number of rotatable bonds is 2. The van der Waals surface area contributed by atoms with E-state index in [0.717, 1.165) is 5.46 Å². The number of benzene rings is 1. The maximum absolute atomic E-state index is 10.4. The van der Waals surface area contributed by atoms with Crippen LogP contribution in [0.25, 0.3) is 0 Å². The summed E-state index contributed by atoms with van der Waals surface area (Å²) in [6.45, 7) is 1.14. The summed E-state index contributed by atoms with van der Waals surface area (Å²) < 4.78 is 10.5. The number of nitro groups is 1. The maximum Gasteiger partial charge on any atom is 0.494 e. The summed E-state index contributed by atoms with van der Waals surface area (Å²) in [6, 6.07) is 6.18. The van der Waals surface area contributed by atoms with E-state index >= 15 is 0 Å². The standard InChI is InChI=1S/C8H8BNO4/c11-10(12)8-3-1-7(2-4-8)9-13-5-6-14-9/h1-4H,5-6H2. The van der Waals surface area contributed by atoms with Gasteiger partial charge in [-0.2, -0.15) is 0 Å². The molecule has 0 saturated carbocycles. The number of nitrogens with zero attached hydrogens (tertiary/aromatic N) is 1. The number of hydrogen-bond donors (Lipinski definition) is 0. The summed E-state index contributed by atoms with van der Waals surface area (Å²) in [7, 11) is -0.365. The minimum absolute atomic E-state index is 0.0757. The van der Waals surface area contributed by atoms with Crippen molar-refractivity contribution in [2.24, 2.45) is 0 Å². The fourth-order valence-corrected chi connectivity index (χ4v) is 1.30. The van der Waals surface area contributed by atoms with E-state index in [1.54, 1.807) is 12.1 Å². The average molecular weight is 193 g/mol. The van der Waals surface area contributed by atoms with E-state index in [9.17, 15) is 10.1 Å². The summed E-state index contributed by atoms with van der Waals surface area (Å²) in [5, 5.41) is 10.4. The lowest BCUT2D eigenvalue weighted by Crippen LogP contribution is -2.31. The molecule has 2 rings (SSSR count). The quantitative estimate of drug-likeness (QED) is 0.385. The maximum atomic E-state index is 10.4. The average Bonchev–Trinajstić information content (AvgIpc) is 2.71. The van der Waals surface area contributed by atoms with Gasteiger partial charge in [0.25, 0.3) is 5.69 Å². The Morgan fingerprint density at radius 3 is 2.29 bits per heavy atom. The lowest BCUT2D eigenvalue weighted by Gasteiger charge is -2.02. The molecule has 1 aromatic rings. The van der Waals surface area contributed by atoms with Crippen LogP contribution in [-0.2, 0) is 9.31 Å². The Kier molecular flexibility index (Phi) is 2.47. The van der Waals surface area contributed by atoms with Gasteiger partial charge in [0.15, 0.2) is 0 Å². The van der Waals surface area contributed by atoms with E-state index < -0.39 is 4.92 Å². The van der Waals surface area contributed by atoms with Gasteiger partial charge in [-0.3, -0.25) is 10.1 Å². The van der Waals surface area contributed by atoms with Crippen LogP contribution in [0.1, 0.15) is 0 Å². The zero-order chi connectivity index (χ0) is 9.97. The molecule has 0 aliphatic carbocycles. The lowest BCUT2D eigenvalue weighted by molar-refractivity contribution is -0.384. The lowest BCUT2D eigenvalue weighted by atomic mass is 9.79. The molecule has 1 saturated heterocycles. The SMILES string of the molecule is O=[N+]([O-])c1ccc(B2OCCO2)cc1. The van der Waals surface area contributed by atoms with Crippen molar-refractivity contribution in [1.29, 1.82) is 0 Å². The molecular weight excluding hydrogens is 185 g/mol. The van der Waals surface area contributed by atoms with E-state index in [4.69, 9.17) is 9.31 Å². The van der Waals surface area contributed by atoms with Gasteiger partial charge < -0.3 is 9.31 Å². The Bertz CT molecular complexity index is 334. The Morgan fingerprint density at radius 2 is 1.79 bits per heavy atom. The topological polar surface area (TPSA) is 61.6 Å². The fourth-order valence-electron chi connectivity index (χ4n) is 1.30. The molecule has 1 aliphatic rings. The predicted octanol–water partition coefficient (Wildman–Crippen LogP) is 0.337. The first kappa shape index (κ1) is 9.17. The molecule has 0 atom stereocenters. The Labute approximate surface area is 80.9 Å². The summed E-state index contributed by atoms with van der Waals surface area (Å²) in [5.41, 5.74) is 0.889.